The Hall–Kier alpha value is -3.38. The quantitative estimate of drug-likeness (QED) is 0.401. The first kappa shape index (κ1) is 19.1. The molecule has 33 heavy (non-hydrogen) atoms. The van der Waals surface area contributed by atoms with Crippen LogP contribution in [0.1, 0.15) is 39.4 Å². The van der Waals surface area contributed by atoms with Gasteiger partial charge in [-0.05, 0) is 46.5 Å². The van der Waals surface area contributed by atoms with E-state index in [0.717, 1.165) is 30.6 Å². The van der Waals surface area contributed by atoms with Crippen LogP contribution in [0.4, 0.5) is 20.2 Å². The molecule has 0 amide bonds. The number of anilines is 2. The third-order valence-corrected chi connectivity index (χ3v) is 7.55. The van der Waals surface area contributed by atoms with Gasteiger partial charge in [0.2, 0.25) is 0 Å². The third-order valence-electron chi connectivity index (χ3n) is 7.55. The molecule has 0 spiro atoms. The highest BCUT2D eigenvalue weighted by atomic mass is 19.1. The van der Waals surface area contributed by atoms with Gasteiger partial charge >= 0.3 is 0 Å². The van der Waals surface area contributed by atoms with Gasteiger partial charge in [0.15, 0.2) is 5.82 Å². The van der Waals surface area contributed by atoms with Crippen molar-refractivity contribution in [2.45, 2.75) is 32.0 Å². The Balaban J connectivity index is 1.24. The lowest BCUT2D eigenvalue weighted by Crippen LogP contribution is -2.22. The molecule has 4 aromatic rings. The molecule has 4 heterocycles. The number of hydrogen-bond acceptors (Lipinski definition) is 3. The Morgan fingerprint density at radius 3 is 2.82 bits per heavy atom. The van der Waals surface area contributed by atoms with E-state index >= 15 is 4.39 Å². The Kier molecular flexibility index (Phi) is 4.09. The molecule has 0 radical (unpaired) electrons. The Morgan fingerprint density at radius 2 is 1.91 bits per heavy atom. The summed E-state index contributed by atoms with van der Waals surface area (Å²) in [6.45, 7) is 3.47. The maximum atomic E-state index is 15.7. The lowest BCUT2D eigenvalue weighted by Gasteiger charge is -2.20. The zero-order valence-electron chi connectivity index (χ0n) is 18.1. The van der Waals surface area contributed by atoms with E-state index in [1.54, 1.807) is 6.07 Å². The fourth-order valence-electron chi connectivity index (χ4n) is 5.84. The number of H-pyrrole nitrogens is 1. The van der Waals surface area contributed by atoms with Crippen molar-refractivity contribution in [3.8, 4) is 0 Å². The van der Waals surface area contributed by atoms with Crippen LogP contribution in [0.25, 0.3) is 10.9 Å². The highest BCUT2D eigenvalue weighted by Gasteiger charge is 2.31. The number of halogens is 2. The highest BCUT2D eigenvalue weighted by molar-refractivity contribution is 5.86. The molecule has 1 aromatic heterocycles. The smallest absolute Gasteiger partial charge is 0.169 e. The molecular weight excluding hydrogens is 418 g/mol. The lowest BCUT2D eigenvalue weighted by molar-refractivity contribution is 0.607. The number of aromatic nitrogens is 1. The maximum absolute atomic E-state index is 15.7. The van der Waals surface area contributed by atoms with Crippen LogP contribution in [0.2, 0.25) is 0 Å². The minimum absolute atomic E-state index is 0.100. The molecule has 0 aliphatic carbocycles. The summed E-state index contributed by atoms with van der Waals surface area (Å²) in [5, 5.41) is 8.05. The van der Waals surface area contributed by atoms with Crippen molar-refractivity contribution in [2.24, 2.45) is 0 Å². The van der Waals surface area contributed by atoms with Crippen molar-refractivity contribution in [3.05, 3.63) is 93.7 Å². The number of fused-ring (bicyclic) bond motifs is 5. The second-order valence-corrected chi connectivity index (χ2v) is 9.34. The van der Waals surface area contributed by atoms with Crippen LogP contribution < -0.4 is 15.5 Å². The first-order valence-electron chi connectivity index (χ1n) is 11.6. The molecule has 1 atom stereocenters. The molecule has 0 saturated heterocycles. The van der Waals surface area contributed by atoms with Crippen LogP contribution in [0.3, 0.4) is 0 Å². The normalized spacial score (nSPS) is 18.8. The van der Waals surface area contributed by atoms with Crippen molar-refractivity contribution in [1.29, 1.82) is 0 Å². The molecule has 0 bridgehead atoms. The van der Waals surface area contributed by atoms with Crippen LogP contribution in [0, 0.1) is 11.6 Å². The third kappa shape index (κ3) is 2.83. The van der Waals surface area contributed by atoms with Crippen molar-refractivity contribution < 1.29 is 8.78 Å². The number of nitrogens with one attached hydrogen (secondary N) is 3. The van der Waals surface area contributed by atoms with Gasteiger partial charge < -0.3 is 20.5 Å². The van der Waals surface area contributed by atoms with E-state index in [9.17, 15) is 4.39 Å². The topological polar surface area (TPSA) is 43.1 Å². The Bertz CT molecular complexity index is 1420. The van der Waals surface area contributed by atoms with E-state index in [4.69, 9.17) is 0 Å². The van der Waals surface area contributed by atoms with Crippen LogP contribution >= 0.6 is 0 Å². The van der Waals surface area contributed by atoms with Gasteiger partial charge in [0, 0.05) is 67.2 Å². The van der Waals surface area contributed by atoms with E-state index in [0.29, 0.717) is 36.6 Å². The van der Waals surface area contributed by atoms with Gasteiger partial charge in [-0.15, -0.1) is 0 Å². The van der Waals surface area contributed by atoms with Gasteiger partial charge in [-0.3, -0.25) is 0 Å². The Labute approximate surface area is 190 Å². The van der Waals surface area contributed by atoms with Gasteiger partial charge in [0.1, 0.15) is 5.82 Å². The number of rotatable bonds is 2. The predicted octanol–water partition coefficient (Wildman–Crippen LogP) is 5.17. The van der Waals surface area contributed by atoms with E-state index in [2.05, 4.69) is 33.8 Å². The maximum Gasteiger partial charge on any atom is 0.169 e. The summed E-state index contributed by atoms with van der Waals surface area (Å²) in [5.41, 5.74) is 8.73. The van der Waals surface area contributed by atoms with Crippen molar-refractivity contribution in [3.63, 3.8) is 0 Å². The summed E-state index contributed by atoms with van der Waals surface area (Å²) < 4.78 is 29.8. The fourth-order valence-corrected chi connectivity index (χ4v) is 5.84. The summed E-state index contributed by atoms with van der Waals surface area (Å²) in [7, 11) is 0. The second kappa shape index (κ2) is 7.06. The van der Waals surface area contributed by atoms with Crippen LogP contribution in [0.15, 0.2) is 48.5 Å². The first-order valence-corrected chi connectivity index (χ1v) is 11.6. The van der Waals surface area contributed by atoms with Gasteiger partial charge in [0.05, 0.1) is 11.4 Å². The number of aromatic amines is 1. The minimum atomic E-state index is -0.243. The zero-order chi connectivity index (χ0) is 22.1. The molecule has 7 rings (SSSR count). The molecule has 1 unspecified atom stereocenters. The molecule has 166 valence electrons. The van der Waals surface area contributed by atoms with Crippen LogP contribution in [-0.2, 0) is 26.1 Å². The number of nitrogens with zero attached hydrogens (tertiary/aromatic N) is 1. The molecule has 0 saturated carbocycles. The molecule has 6 heteroatoms. The van der Waals surface area contributed by atoms with E-state index < -0.39 is 0 Å². The molecule has 3 aromatic carbocycles. The van der Waals surface area contributed by atoms with E-state index in [1.165, 1.54) is 33.8 Å². The molecule has 4 nitrogen and oxygen atoms in total. The SMILES string of the molecule is Fc1cccc2c1CN(c1ccc3c(c1F)NCC3c1ccc3[nH]c4c(c3c1)CNCC4)C2. The summed E-state index contributed by atoms with van der Waals surface area (Å²) >= 11 is 0. The zero-order valence-corrected chi connectivity index (χ0v) is 18.1. The highest BCUT2D eigenvalue weighted by Crippen LogP contribution is 2.43. The van der Waals surface area contributed by atoms with Gasteiger partial charge in [-0.2, -0.15) is 0 Å². The average molecular weight is 443 g/mol. The summed E-state index contributed by atoms with van der Waals surface area (Å²) in [6, 6.07) is 15.6. The monoisotopic (exact) mass is 442 g/mol. The summed E-state index contributed by atoms with van der Waals surface area (Å²) in [6.07, 6.45) is 1.02. The van der Waals surface area contributed by atoms with Gasteiger partial charge in [-0.25, -0.2) is 8.78 Å². The molecule has 0 fully saturated rings. The predicted molar refractivity (Wildman–Crippen MR) is 127 cm³/mol. The van der Waals surface area contributed by atoms with Crippen molar-refractivity contribution in [1.82, 2.24) is 10.3 Å². The first-order chi connectivity index (χ1) is 16.2. The Morgan fingerprint density at radius 1 is 0.970 bits per heavy atom. The molecular formula is C27H24F2N4. The van der Waals surface area contributed by atoms with Gasteiger partial charge in [0.25, 0.3) is 0 Å². The lowest BCUT2D eigenvalue weighted by atomic mass is 9.91. The summed E-state index contributed by atoms with van der Waals surface area (Å²) in [4.78, 5) is 5.48. The van der Waals surface area contributed by atoms with E-state index in [-0.39, 0.29) is 17.6 Å². The molecule has 3 N–H and O–H groups in total. The fraction of sp³-hybridized carbons (Fsp3) is 0.259. The minimum Gasteiger partial charge on any atom is -0.381 e. The van der Waals surface area contributed by atoms with Gasteiger partial charge in [-0.1, -0.05) is 24.3 Å². The summed E-state index contributed by atoms with van der Waals surface area (Å²) in [5.74, 6) is -0.358. The molecule has 3 aliphatic heterocycles. The largest absolute Gasteiger partial charge is 0.381 e. The number of hydrogen-bond donors (Lipinski definition) is 3. The standard InChI is InChI=1S/C27H24F2N4/c28-22-3-1-2-16-13-33(14-21(16)22)25-7-5-17-19(12-31-27(17)26(25)29)15-4-6-23-18(10-15)20-11-30-9-8-24(20)32-23/h1-7,10,19,30-32H,8-9,11-14H2. The number of benzene rings is 3. The van der Waals surface area contributed by atoms with Crippen molar-refractivity contribution >= 4 is 22.3 Å². The van der Waals surface area contributed by atoms with E-state index in [1.807, 2.05) is 23.1 Å². The van der Waals surface area contributed by atoms with Crippen LogP contribution in [-0.4, -0.2) is 18.1 Å². The second-order valence-electron chi connectivity index (χ2n) is 9.34. The van der Waals surface area contributed by atoms with Crippen LogP contribution in [0.5, 0.6) is 0 Å². The van der Waals surface area contributed by atoms with Crippen molar-refractivity contribution in [2.75, 3.05) is 23.3 Å². The molecule has 3 aliphatic rings. The average Bonchev–Trinajstić information content (AvgIpc) is 3.54.